The van der Waals surface area contributed by atoms with Crippen molar-refractivity contribution in [1.29, 1.82) is 0 Å². The van der Waals surface area contributed by atoms with Crippen LogP contribution in [0.15, 0.2) is 54.9 Å². The van der Waals surface area contributed by atoms with Crippen LogP contribution in [0.1, 0.15) is 0 Å². The minimum absolute atomic E-state index is 0.0338. The van der Waals surface area contributed by atoms with E-state index < -0.39 is 5.82 Å². The van der Waals surface area contributed by atoms with Crippen LogP contribution in [0.5, 0.6) is 11.5 Å². The summed E-state index contributed by atoms with van der Waals surface area (Å²) in [4.78, 5) is 9.10. The number of phenolic OH excluding ortho intramolecular Hbond substituents is 1. The van der Waals surface area contributed by atoms with Crippen LogP contribution in [0, 0.1) is 5.82 Å². The van der Waals surface area contributed by atoms with Crippen LogP contribution in [-0.4, -0.2) is 76.5 Å². The summed E-state index contributed by atoms with van der Waals surface area (Å²) >= 11 is 6.03. The number of anilines is 2. The Hall–Kier alpha value is -3.53. The Kier molecular flexibility index (Phi) is 7.13. The number of phenols is 1. The van der Waals surface area contributed by atoms with Gasteiger partial charge in [0.1, 0.15) is 12.4 Å². The molecule has 0 amide bonds. The zero-order chi connectivity index (χ0) is 25.1. The van der Waals surface area contributed by atoms with Gasteiger partial charge in [-0.2, -0.15) is 10.2 Å². The topological polar surface area (TPSA) is 86.6 Å². The largest absolute Gasteiger partial charge is 0.504 e. The van der Waals surface area contributed by atoms with Gasteiger partial charge in [-0.25, -0.2) is 4.39 Å². The lowest BCUT2D eigenvalue weighted by Gasteiger charge is -2.32. The van der Waals surface area contributed by atoms with Gasteiger partial charge in [0.2, 0.25) is 0 Å². The number of rotatable bonds is 7. The number of nitrogens with one attached hydrogen (secondary N) is 1. The van der Waals surface area contributed by atoms with Crippen molar-refractivity contribution in [1.82, 2.24) is 25.0 Å². The maximum atomic E-state index is 14.3. The van der Waals surface area contributed by atoms with E-state index in [2.05, 4.69) is 37.3 Å². The molecule has 1 aliphatic rings. The van der Waals surface area contributed by atoms with E-state index >= 15 is 0 Å². The second-order valence-corrected chi connectivity index (χ2v) is 9.20. The number of aromatic hydroxyl groups is 1. The second-order valence-electron chi connectivity index (χ2n) is 8.77. The number of pyridine rings is 1. The number of hydrogen-bond acceptors (Lipinski definition) is 8. The van der Waals surface area contributed by atoms with Crippen LogP contribution in [0.3, 0.4) is 0 Å². The van der Waals surface area contributed by atoms with Crippen molar-refractivity contribution in [2.75, 3.05) is 51.7 Å². The fourth-order valence-corrected chi connectivity index (χ4v) is 4.33. The maximum absolute atomic E-state index is 14.3. The van der Waals surface area contributed by atoms with Crippen molar-refractivity contribution < 1.29 is 14.2 Å². The molecule has 2 aromatic heterocycles. The van der Waals surface area contributed by atoms with E-state index in [1.807, 2.05) is 0 Å². The third-order valence-electron chi connectivity index (χ3n) is 6.22. The molecule has 3 heterocycles. The van der Waals surface area contributed by atoms with E-state index in [0.29, 0.717) is 45.4 Å². The molecule has 186 valence electrons. The second kappa shape index (κ2) is 10.6. The Balaban J connectivity index is 1.33. The highest BCUT2D eigenvalue weighted by Gasteiger charge is 2.15. The molecule has 0 bridgehead atoms. The molecule has 0 aliphatic carbocycles. The summed E-state index contributed by atoms with van der Waals surface area (Å²) < 4.78 is 20.2. The molecule has 8 nitrogen and oxygen atoms in total. The normalized spacial score (nSPS) is 14.8. The summed E-state index contributed by atoms with van der Waals surface area (Å²) in [5, 5.41) is 23.1. The SMILES string of the molecule is CN1CCN(CCOc2cc3nccc(Nc4cnnc(-c5cc(Cl)ccc5F)c4)c3cc2O)CC1. The molecular formula is C26H26ClFN6O2. The highest BCUT2D eigenvalue weighted by atomic mass is 35.5. The molecule has 0 saturated carbocycles. The number of aromatic nitrogens is 3. The first-order valence-corrected chi connectivity index (χ1v) is 12.0. The van der Waals surface area contributed by atoms with Gasteiger partial charge < -0.3 is 20.1 Å². The van der Waals surface area contributed by atoms with Crippen LogP contribution < -0.4 is 10.1 Å². The van der Waals surface area contributed by atoms with Crippen molar-refractivity contribution in [3.05, 3.63) is 65.7 Å². The summed E-state index contributed by atoms with van der Waals surface area (Å²) in [6.45, 7) is 5.38. The number of fused-ring (bicyclic) bond motifs is 1. The quantitative estimate of drug-likeness (QED) is 0.376. The van der Waals surface area contributed by atoms with E-state index in [-0.39, 0.29) is 11.3 Å². The Morgan fingerprint density at radius 1 is 1.11 bits per heavy atom. The summed E-state index contributed by atoms with van der Waals surface area (Å²) in [5.74, 6) is -0.0117. The highest BCUT2D eigenvalue weighted by molar-refractivity contribution is 6.30. The Bertz CT molecular complexity index is 1380. The number of nitrogens with zero attached hydrogens (tertiary/aromatic N) is 5. The third-order valence-corrected chi connectivity index (χ3v) is 6.46. The van der Waals surface area contributed by atoms with Crippen molar-refractivity contribution in [3.63, 3.8) is 0 Å². The lowest BCUT2D eigenvalue weighted by molar-refractivity contribution is 0.133. The van der Waals surface area contributed by atoms with E-state index in [4.69, 9.17) is 16.3 Å². The van der Waals surface area contributed by atoms with E-state index in [0.717, 1.165) is 32.7 Å². The van der Waals surface area contributed by atoms with E-state index in [1.54, 1.807) is 30.5 Å². The molecule has 2 N–H and O–H groups in total. The van der Waals surface area contributed by atoms with Gasteiger partial charge in [0, 0.05) is 66.6 Å². The number of ether oxygens (including phenoxy) is 1. The van der Waals surface area contributed by atoms with Gasteiger partial charge in [0.25, 0.3) is 0 Å². The van der Waals surface area contributed by atoms with Gasteiger partial charge in [0.15, 0.2) is 11.5 Å². The first kappa shape index (κ1) is 24.2. The predicted molar refractivity (Wildman–Crippen MR) is 139 cm³/mol. The van der Waals surface area contributed by atoms with Crippen LogP contribution in [0.25, 0.3) is 22.2 Å². The minimum Gasteiger partial charge on any atom is -0.504 e. The average molecular weight is 509 g/mol. The molecule has 4 aromatic rings. The molecule has 1 fully saturated rings. The van der Waals surface area contributed by atoms with Crippen LogP contribution >= 0.6 is 11.6 Å². The Morgan fingerprint density at radius 3 is 2.78 bits per heavy atom. The van der Waals surface area contributed by atoms with Crippen molar-refractivity contribution >= 4 is 33.9 Å². The first-order valence-electron chi connectivity index (χ1n) is 11.7. The lowest BCUT2D eigenvalue weighted by Crippen LogP contribution is -2.45. The van der Waals surface area contributed by atoms with Gasteiger partial charge in [-0.1, -0.05) is 11.6 Å². The molecule has 36 heavy (non-hydrogen) atoms. The van der Waals surface area contributed by atoms with Gasteiger partial charge in [0.05, 0.1) is 23.1 Å². The zero-order valence-electron chi connectivity index (χ0n) is 19.8. The predicted octanol–water partition coefficient (Wildman–Crippen LogP) is 4.56. The van der Waals surface area contributed by atoms with Gasteiger partial charge in [-0.3, -0.25) is 9.88 Å². The van der Waals surface area contributed by atoms with Crippen molar-refractivity contribution in [3.8, 4) is 22.8 Å². The van der Waals surface area contributed by atoms with Gasteiger partial charge in [-0.05, 0) is 43.4 Å². The highest BCUT2D eigenvalue weighted by Crippen LogP contribution is 2.35. The fraction of sp³-hybridized carbons (Fsp3) is 0.269. The number of hydrogen-bond donors (Lipinski definition) is 2. The number of halogens is 2. The van der Waals surface area contributed by atoms with E-state index in [9.17, 15) is 9.50 Å². The smallest absolute Gasteiger partial charge is 0.163 e. The molecule has 2 aromatic carbocycles. The summed E-state index contributed by atoms with van der Waals surface area (Å²) in [7, 11) is 2.13. The maximum Gasteiger partial charge on any atom is 0.163 e. The fourth-order valence-electron chi connectivity index (χ4n) is 4.16. The van der Waals surface area contributed by atoms with E-state index in [1.165, 1.54) is 24.4 Å². The summed E-state index contributed by atoms with van der Waals surface area (Å²) in [6, 6.07) is 11.1. The zero-order valence-corrected chi connectivity index (χ0v) is 20.5. The number of likely N-dealkylation sites (N-methyl/N-ethyl adjacent to an activating group) is 1. The molecule has 0 spiro atoms. The molecule has 5 rings (SSSR count). The molecule has 10 heteroatoms. The summed E-state index contributed by atoms with van der Waals surface area (Å²) in [5.41, 5.74) is 2.56. The van der Waals surface area contributed by atoms with Crippen LogP contribution in [-0.2, 0) is 0 Å². The molecular weight excluding hydrogens is 483 g/mol. The third kappa shape index (κ3) is 5.48. The summed E-state index contributed by atoms with van der Waals surface area (Å²) in [6.07, 6.45) is 3.20. The molecule has 0 unspecified atom stereocenters. The van der Waals surface area contributed by atoms with Crippen molar-refractivity contribution in [2.24, 2.45) is 0 Å². The van der Waals surface area contributed by atoms with Crippen LogP contribution in [0.2, 0.25) is 5.02 Å². The first-order chi connectivity index (χ1) is 17.5. The number of benzene rings is 2. The van der Waals surface area contributed by atoms with Crippen LogP contribution in [0.4, 0.5) is 15.8 Å². The average Bonchev–Trinajstić information content (AvgIpc) is 2.87. The molecule has 1 saturated heterocycles. The Morgan fingerprint density at radius 2 is 1.94 bits per heavy atom. The van der Waals surface area contributed by atoms with Gasteiger partial charge >= 0.3 is 0 Å². The van der Waals surface area contributed by atoms with Gasteiger partial charge in [-0.15, -0.1) is 0 Å². The number of piperazine rings is 1. The lowest BCUT2D eigenvalue weighted by atomic mass is 10.1. The molecule has 0 radical (unpaired) electrons. The Labute approximate surface area is 213 Å². The molecule has 1 aliphatic heterocycles. The minimum atomic E-state index is -0.440. The molecule has 0 atom stereocenters. The standard InChI is InChI=1S/C26H26ClFN6O2/c1-33-6-8-34(9-7-33)10-11-36-26-15-23-20(14-25(26)35)22(4-5-29-23)31-18-13-24(32-30-16-18)19-12-17(27)2-3-21(19)28/h2-5,12-16,35H,6-11H2,1H3,(H,29,31,32). The monoisotopic (exact) mass is 508 g/mol. The van der Waals surface area contributed by atoms with Crippen molar-refractivity contribution in [2.45, 2.75) is 0 Å².